The maximum atomic E-state index is 11.5. The fourth-order valence-corrected chi connectivity index (χ4v) is 6.62. The van der Waals surface area contributed by atoms with E-state index in [-0.39, 0.29) is 0 Å². The topological polar surface area (TPSA) is 20.2 Å². The number of hydrogen-bond acceptors (Lipinski definition) is 1. The highest BCUT2D eigenvalue weighted by Gasteiger charge is 2.56. The van der Waals surface area contributed by atoms with Gasteiger partial charge >= 0.3 is 0 Å². The van der Waals surface area contributed by atoms with E-state index in [9.17, 15) is 5.11 Å². The molecule has 5 rings (SSSR count). The van der Waals surface area contributed by atoms with Gasteiger partial charge in [-0.1, -0.05) is 42.5 Å². The van der Waals surface area contributed by atoms with Crippen LogP contribution in [0.1, 0.15) is 56.4 Å². The van der Waals surface area contributed by atoms with Crippen molar-refractivity contribution in [2.24, 2.45) is 29.6 Å². The molecule has 4 aliphatic carbocycles. The van der Waals surface area contributed by atoms with E-state index in [1.54, 1.807) is 0 Å². The van der Waals surface area contributed by atoms with Crippen LogP contribution < -0.4 is 0 Å². The van der Waals surface area contributed by atoms with Crippen molar-refractivity contribution in [3.05, 3.63) is 48.0 Å². The molecule has 5 atom stereocenters. The molecule has 0 aromatic heterocycles. The first-order valence-corrected chi connectivity index (χ1v) is 9.70. The third-order valence-electron chi connectivity index (χ3n) is 7.75. The molecule has 1 heteroatoms. The second-order valence-corrected chi connectivity index (χ2v) is 8.69. The average molecular weight is 308 g/mol. The van der Waals surface area contributed by atoms with Crippen molar-refractivity contribution in [1.29, 1.82) is 0 Å². The molecule has 0 radical (unpaired) electrons. The second-order valence-electron chi connectivity index (χ2n) is 8.69. The van der Waals surface area contributed by atoms with Crippen molar-refractivity contribution < 1.29 is 5.11 Å². The van der Waals surface area contributed by atoms with Gasteiger partial charge in [0.15, 0.2) is 0 Å². The van der Waals surface area contributed by atoms with Crippen LogP contribution in [0.5, 0.6) is 0 Å². The lowest BCUT2D eigenvalue weighted by Crippen LogP contribution is -2.44. The van der Waals surface area contributed by atoms with Crippen LogP contribution in [-0.4, -0.2) is 10.7 Å². The number of allylic oxidation sites excluding steroid dienone is 1. The number of aliphatic hydroxyl groups is 1. The van der Waals surface area contributed by atoms with Crippen LogP contribution in [-0.2, 0) is 0 Å². The third-order valence-corrected chi connectivity index (χ3v) is 7.75. The Morgan fingerprint density at radius 1 is 0.870 bits per heavy atom. The second kappa shape index (κ2) is 5.21. The van der Waals surface area contributed by atoms with Gasteiger partial charge in [0.05, 0.1) is 5.60 Å². The Morgan fingerprint density at radius 3 is 2.39 bits per heavy atom. The summed E-state index contributed by atoms with van der Waals surface area (Å²) in [6, 6.07) is 10.9. The molecule has 0 heterocycles. The van der Waals surface area contributed by atoms with Gasteiger partial charge in [0.2, 0.25) is 0 Å². The van der Waals surface area contributed by atoms with Gasteiger partial charge in [-0.15, -0.1) is 0 Å². The maximum absolute atomic E-state index is 11.5. The smallest absolute Gasteiger partial charge is 0.0713 e. The first kappa shape index (κ1) is 14.3. The van der Waals surface area contributed by atoms with Crippen molar-refractivity contribution in [3.8, 4) is 0 Å². The van der Waals surface area contributed by atoms with Gasteiger partial charge in [0.25, 0.3) is 0 Å². The summed E-state index contributed by atoms with van der Waals surface area (Å²) < 4.78 is 0. The molecular formula is C22H28O. The van der Waals surface area contributed by atoms with E-state index in [1.807, 2.05) is 0 Å². The molecular weight excluding hydrogens is 280 g/mol. The maximum Gasteiger partial charge on any atom is 0.0713 e. The molecule has 0 aliphatic heterocycles. The summed E-state index contributed by atoms with van der Waals surface area (Å²) in [5.74, 6) is 4.51. The van der Waals surface area contributed by atoms with Crippen LogP contribution >= 0.6 is 0 Å². The Labute approximate surface area is 139 Å². The Kier molecular flexibility index (Phi) is 3.23. The zero-order valence-electron chi connectivity index (χ0n) is 13.9. The van der Waals surface area contributed by atoms with Crippen LogP contribution in [0.3, 0.4) is 0 Å². The molecule has 0 amide bonds. The predicted molar refractivity (Wildman–Crippen MR) is 93.0 cm³/mol. The third kappa shape index (κ3) is 2.16. The number of rotatable bonds is 2. The minimum Gasteiger partial charge on any atom is -0.389 e. The molecule has 1 aromatic carbocycles. The lowest BCUT2D eigenvalue weighted by atomic mass is 9.64. The molecule has 1 aromatic rings. The fourth-order valence-electron chi connectivity index (χ4n) is 6.62. The average Bonchev–Trinajstić information content (AvgIpc) is 3.30. The van der Waals surface area contributed by atoms with Crippen molar-refractivity contribution in [2.75, 3.05) is 0 Å². The highest BCUT2D eigenvalue weighted by Crippen LogP contribution is 2.61. The van der Waals surface area contributed by atoms with E-state index in [1.165, 1.54) is 24.8 Å². The van der Waals surface area contributed by atoms with E-state index in [0.717, 1.165) is 49.4 Å². The molecule has 0 saturated heterocycles. The van der Waals surface area contributed by atoms with Gasteiger partial charge < -0.3 is 5.11 Å². The van der Waals surface area contributed by atoms with E-state index in [0.29, 0.717) is 11.8 Å². The minimum absolute atomic E-state index is 0.425. The summed E-state index contributed by atoms with van der Waals surface area (Å²) in [6.45, 7) is 0. The molecule has 23 heavy (non-hydrogen) atoms. The molecule has 1 nitrogen and oxygen atoms in total. The standard InChI is InChI=1S/C22H28O/c23-22(12-10-16(11-13-22)15-4-2-1-3-5-15)20-9-8-19-17-6-7-18(14-17)21(19)20/h1-5,8-9,16-21,23H,6-7,10-14H2/t16?,17-,18+,19?,20-,21?,22?/m0/s1. The van der Waals surface area contributed by atoms with Gasteiger partial charge in [-0.3, -0.25) is 0 Å². The van der Waals surface area contributed by atoms with E-state index in [4.69, 9.17) is 0 Å². The molecule has 1 N–H and O–H groups in total. The summed E-state index contributed by atoms with van der Waals surface area (Å²) in [5.41, 5.74) is 1.04. The highest BCUT2D eigenvalue weighted by molar-refractivity contribution is 5.23. The lowest BCUT2D eigenvalue weighted by molar-refractivity contribution is -0.0634. The predicted octanol–water partition coefficient (Wildman–Crippen LogP) is 4.92. The summed E-state index contributed by atoms with van der Waals surface area (Å²) >= 11 is 0. The van der Waals surface area contributed by atoms with Crippen LogP contribution in [0.2, 0.25) is 0 Å². The monoisotopic (exact) mass is 308 g/mol. The SMILES string of the molecule is OC1([C@H]2C=CC3C2[C@@H]2CC[C@H]3C2)CCC(c2ccccc2)CC1. The van der Waals surface area contributed by atoms with Gasteiger partial charge in [-0.25, -0.2) is 0 Å². The number of benzene rings is 1. The first-order chi connectivity index (χ1) is 11.2. The summed E-state index contributed by atoms with van der Waals surface area (Å²) in [7, 11) is 0. The van der Waals surface area contributed by atoms with Crippen LogP contribution in [0, 0.1) is 29.6 Å². The molecule has 2 bridgehead atoms. The Morgan fingerprint density at radius 2 is 1.61 bits per heavy atom. The first-order valence-electron chi connectivity index (χ1n) is 9.70. The highest BCUT2D eigenvalue weighted by atomic mass is 16.3. The van der Waals surface area contributed by atoms with Crippen molar-refractivity contribution in [2.45, 2.75) is 56.5 Å². The molecule has 4 aliphatic rings. The molecule has 0 spiro atoms. The van der Waals surface area contributed by atoms with Crippen molar-refractivity contribution in [3.63, 3.8) is 0 Å². The van der Waals surface area contributed by atoms with E-state index in [2.05, 4.69) is 42.5 Å². The minimum atomic E-state index is -0.425. The van der Waals surface area contributed by atoms with Gasteiger partial charge in [0.1, 0.15) is 0 Å². The van der Waals surface area contributed by atoms with Gasteiger partial charge in [-0.05, 0) is 80.1 Å². The lowest BCUT2D eigenvalue weighted by Gasteiger charge is -2.44. The Balaban J connectivity index is 1.32. The zero-order valence-corrected chi connectivity index (χ0v) is 13.9. The molecule has 3 saturated carbocycles. The molecule has 2 unspecified atom stereocenters. The largest absolute Gasteiger partial charge is 0.389 e. The number of hydrogen-bond donors (Lipinski definition) is 1. The van der Waals surface area contributed by atoms with Gasteiger partial charge in [-0.2, -0.15) is 0 Å². The van der Waals surface area contributed by atoms with E-state index < -0.39 is 5.60 Å². The summed E-state index contributed by atoms with van der Waals surface area (Å²) in [4.78, 5) is 0. The fraction of sp³-hybridized carbons (Fsp3) is 0.636. The van der Waals surface area contributed by atoms with Crippen LogP contribution in [0.4, 0.5) is 0 Å². The van der Waals surface area contributed by atoms with Gasteiger partial charge in [0, 0.05) is 5.92 Å². The summed E-state index contributed by atoms with van der Waals surface area (Å²) in [5, 5.41) is 11.5. The zero-order chi connectivity index (χ0) is 15.4. The Bertz CT molecular complexity index is 596. The van der Waals surface area contributed by atoms with E-state index >= 15 is 0 Å². The molecule has 122 valence electrons. The molecule has 3 fully saturated rings. The van der Waals surface area contributed by atoms with Crippen molar-refractivity contribution in [1.82, 2.24) is 0 Å². The van der Waals surface area contributed by atoms with Crippen LogP contribution in [0.15, 0.2) is 42.5 Å². The number of fused-ring (bicyclic) bond motifs is 5. The normalized spacial score (nSPS) is 47.9. The summed E-state index contributed by atoms with van der Waals surface area (Å²) in [6.07, 6.45) is 13.5. The Hall–Kier alpha value is -1.08. The van der Waals surface area contributed by atoms with Crippen molar-refractivity contribution >= 4 is 0 Å². The quantitative estimate of drug-likeness (QED) is 0.769. The van der Waals surface area contributed by atoms with Crippen LogP contribution in [0.25, 0.3) is 0 Å².